The minimum atomic E-state index is 0. The first-order valence-electron chi connectivity index (χ1n) is 7.53. The molecule has 1 aromatic rings. The third-order valence-electron chi connectivity index (χ3n) is 3.62. The Morgan fingerprint density at radius 3 is 2.27 bits per heavy atom. The van der Waals surface area contributed by atoms with Gasteiger partial charge in [-0.2, -0.15) is 0 Å². The van der Waals surface area contributed by atoms with Gasteiger partial charge in [-0.1, -0.05) is 18.2 Å². The summed E-state index contributed by atoms with van der Waals surface area (Å²) in [6.07, 6.45) is 3.23. The highest BCUT2D eigenvalue weighted by Gasteiger charge is 2.20. The molecule has 0 bridgehead atoms. The SMILES string of the molecule is C=CC[C@@H](c1ccc(OC(C)C)cc1)N1CCNCC1.Cl.Cl. The van der Waals surface area contributed by atoms with Gasteiger partial charge in [0.2, 0.25) is 0 Å². The summed E-state index contributed by atoms with van der Waals surface area (Å²) in [4.78, 5) is 2.54. The van der Waals surface area contributed by atoms with E-state index >= 15 is 0 Å². The van der Waals surface area contributed by atoms with Crippen LogP contribution in [0.5, 0.6) is 5.75 Å². The predicted molar refractivity (Wildman–Crippen MR) is 98.7 cm³/mol. The van der Waals surface area contributed by atoms with Crippen molar-refractivity contribution in [2.75, 3.05) is 26.2 Å². The van der Waals surface area contributed by atoms with Crippen LogP contribution < -0.4 is 10.1 Å². The molecule has 1 N–H and O–H groups in total. The molecule has 0 spiro atoms. The smallest absolute Gasteiger partial charge is 0.119 e. The van der Waals surface area contributed by atoms with E-state index in [1.807, 2.05) is 6.08 Å². The lowest BCUT2D eigenvalue weighted by Gasteiger charge is -2.34. The number of ether oxygens (including phenoxy) is 1. The standard InChI is InChI=1S/C17H26N2O.2ClH/c1-4-5-17(19-12-10-18-11-13-19)15-6-8-16(9-7-15)20-14(2)3;;/h4,6-9,14,17-18H,1,5,10-13H2,2-3H3;2*1H/t17-;;/m0../s1. The fourth-order valence-electron chi connectivity index (χ4n) is 2.69. The van der Waals surface area contributed by atoms with Gasteiger partial charge >= 0.3 is 0 Å². The van der Waals surface area contributed by atoms with Crippen LogP contribution in [-0.2, 0) is 0 Å². The molecule has 22 heavy (non-hydrogen) atoms. The average molecular weight is 347 g/mol. The maximum absolute atomic E-state index is 5.71. The summed E-state index contributed by atoms with van der Waals surface area (Å²) in [5, 5.41) is 3.41. The van der Waals surface area contributed by atoms with Crippen molar-refractivity contribution in [2.45, 2.75) is 32.4 Å². The fourth-order valence-corrected chi connectivity index (χ4v) is 2.69. The van der Waals surface area contributed by atoms with Gasteiger partial charge in [0.25, 0.3) is 0 Å². The Labute approximate surface area is 146 Å². The molecule has 1 aromatic carbocycles. The monoisotopic (exact) mass is 346 g/mol. The zero-order valence-corrected chi connectivity index (χ0v) is 15.1. The van der Waals surface area contributed by atoms with Crippen molar-refractivity contribution < 1.29 is 4.74 Å². The second kappa shape index (κ2) is 10.9. The fraction of sp³-hybridized carbons (Fsp3) is 0.529. The molecule has 126 valence electrons. The molecule has 0 radical (unpaired) electrons. The highest BCUT2D eigenvalue weighted by molar-refractivity contribution is 5.85. The van der Waals surface area contributed by atoms with Crippen LogP contribution in [-0.4, -0.2) is 37.2 Å². The first-order chi connectivity index (χ1) is 9.70. The quantitative estimate of drug-likeness (QED) is 0.792. The van der Waals surface area contributed by atoms with E-state index in [0.717, 1.165) is 38.3 Å². The molecule has 0 unspecified atom stereocenters. The molecule has 0 aromatic heterocycles. The summed E-state index contributed by atoms with van der Waals surface area (Å²) in [5.41, 5.74) is 1.35. The lowest BCUT2D eigenvalue weighted by molar-refractivity contribution is 0.174. The van der Waals surface area contributed by atoms with E-state index in [2.05, 4.69) is 54.9 Å². The Kier molecular flexibility index (Phi) is 10.5. The number of nitrogens with zero attached hydrogens (tertiary/aromatic N) is 1. The van der Waals surface area contributed by atoms with Gasteiger partial charge in [0.15, 0.2) is 0 Å². The largest absolute Gasteiger partial charge is 0.491 e. The van der Waals surface area contributed by atoms with E-state index < -0.39 is 0 Å². The molecular formula is C17H28Cl2N2O. The average Bonchev–Trinajstić information content (AvgIpc) is 2.46. The van der Waals surface area contributed by atoms with Crippen LogP contribution >= 0.6 is 24.8 Å². The molecule has 1 heterocycles. The van der Waals surface area contributed by atoms with E-state index in [4.69, 9.17) is 4.74 Å². The second-order valence-electron chi connectivity index (χ2n) is 5.56. The number of hydrogen-bond acceptors (Lipinski definition) is 3. The summed E-state index contributed by atoms with van der Waals surface area (Å²) in [7, 11) is 0. The van der Waals surface area contributed by atoms with Crippen LogP contribution in [0.3, 0.4) is 0 Å². The molecule has 2 rings (SSSR count). The van der Waals surface area contributed by atoms with E-state index in [1.165, 1.54) is 5.56 Å². The van der Waals surface area contributed by atoms with Crippen LogP contribution in [0.1, 0.15) is 31.9 Å². The van der Waals surface area contributed by atoms with Crippen LogP contribution in [0.15, 0.2) is 36.9 Å². The van der Waals surface area contributed by atoms with Crippen LogP contribution in [0.4, 0.5) is 0 Å². The molecule has 0 saturated carbocycles. The normalized spacial score (nSPS) is 16.3. The van der Waals surface area contributed by atoms with Crippen molar-refractivity contribution in [3.8, 4) is 5.75 Å². The lowest BCUT2D eigenvalue weighted by atomic mass is 10.0. The van der Waals surface area contributed by atoms with Gasteiger partial charge in [0.05, 0.1) is 6.10 Å². The number of hydrogen-bond donors (Lipinski definition) is 1. The zero-order chi connectivity index (χ0) is 14.4. The Morgan fingerprint density at radius 2 is 1.77 bits per heavy atom. The van der Waals surface area contributed by atoms with E-state index in [9.17, 15) is 0 Å². The van der Waals surface area contributed by atoms with Gasteiger partial charge in [-0.3, -0.25) is 4.90 Å². The molecule has 0 amide bonds. The van der Waals surface area contributed by atoms with E-state index in [-0.39, 0.29) is 30.9 Å². The van der Waals surface area contributed by atoms with Crippen molar-refractivity contribution in [2.24, 2.45) is 0 Å². The van der Waals surface area contributed by atoms with E-state index in [0.29, 0.717) is 6.04 Å². The van der Waals surface area contributed by atoms with Gasteiger partial charge in [-0.05, 0) is 38.0 Å². The lowest BCUT2D eigenvalue weighted by Crippen LogP contribution is -2.45. The number of benzene rings is 1. The molecular weight excluding hydrogens is 319 g/mol. The highest BCUT2D eigenvalue weighted by atomic mass is 35.5. The molecule has 1 saturated heterocycles. The summed E-state index contributed by atoms with van der Waals surface area (Å²) in [6, 6.07) is 8.96. The molecule has 1 atom stereocenters. The van der Waals surface area contributed by atoms with Gasteiger partial charge in [0, 0.05) is 32.2 Å². The Balaban J connectivity index is 0.00000220. The van der Waals surface area contributed by atoms with Gasteiger partial charge in [-0.25, -0.2) is 0 Å². The number of rotatable bonds is 6. The molecule has 0 aliphatic carbocycles. The molecule has 1 aliphatic rings. The van der Waals surface area contributed by atoms with Crippen molar-refractivity contribution in [3.63, 3.8) is 0 Å². The molecule has 1 fully saturated rings. The third kappa shape index (κ3) is 6.17. The predicted octanol–water partition coefficient (Wildman–Crippen LogP) is 3.84. The van der Waals surface area contributed by atoms with Crippen molar-refractivity contribution in [3.05, 3.63) is 42.5 Å². The van der Waals surface area contributed by atoms with Crippen molar-refractivity contribution in [1.82, 2.24) is 10.2 Å². The molecule has 1 aliphatic heterocycles. The Bertz CT molecular complexity index is 417. The zero-order valence-electron chi connectivity index (χ0n) is 13.5. The van der Waals surface area contributed by atoms with Gasteiger partial charge in [-0.15, -0.1) is 31.4 Å². The number of piperazine rings is 1. The first kappa shape index (κ1) is 21.3. The van der Waals surface area contributed by atoms with Crippen LogP contribution in [0, 0.1) is 0 Å². The molecule has 3 nitrogen and oxygen atoms in total. The minimum absolute atomic E-state index is 0. The minimum Gasteiger partial charge on any atom is -0.491 e. The number of nitrogens with one attached hydrogen (secondary N) is 1. The van der Waals surface area contributed by atoms with Crippen LogP contribution in [0.25, 0.3) is 0 Å². The van der Waals surface area contributed by atoms with Crippen LogP contribution in [0.2, 0.25) is 0 Å². The summed E-state index contributed by atoms with van der Waals surface area (Å²) >= 11 is 0. The molecule has 5 heteroatoms. The number of halogens is 2. The van der Waals surface area contributed by atoms with Crippen molar-refractivity contribution >= 4 is 24.8 Å². The first-order valence-corrected chi connectivity index (χ1v) is 7.53. The topological polar surface area (TPSA) is 24.5 Å². The second-order valence-corrected chi connectivity index (χ2v) is 5.56. The Morgan fingerprint density at radius 1 is 1.18 bits per heavy atom. The van der Waals surface area contributed by atoms with Gasteiger partial charge in [0.1, 0.15) is 5.75 Å². The Hall–Kier alpha value is -0.740. The van der Waals surface area contributed by atoms with Crippen molar-refractivity contribution in [1.29, 1.82) is 0 Å². The summed E-state index contributed by atoms with van der Waals surface area (Å²) in [5.74, 6) is 0.946. The summed E-state index contributed by atoms with van der Waals surface area (Å²) in [6.45, 7) is 12.4. The maximum atomic E-state index is 5.71. The van der Waals surface area contributed by atoms with E-state index in [1.54, 1.807) is 0 Å². The highest BCUT2D eigenvalue weighted by Crippen LogP contribution is 2.27. The maximum Gasteiger partial charge on any atom is 0.119 e. The third-order valence-corrected chi connectivity index (χ3v) is 3.62. The summed E-state index contributed by atoms with van der Waals surface area (Å²) < 4.78 is 5.71. The van der Waals surface area contributed by atoms with Gasteiger partial charge < -0.3 is 10.1 Å².